The highest BCUT2D eigenvalue weighted by atomic mass is 32.2. The molecule has 0 unspecified atom stereocenters. The van der Waals surface area contributed by atoms with E-state index in [4.69, 9.17) is 15.7 Å². The van der Waals surface area contributed by atoms with Crippen LogP contribution in [-0.2, 0) is 25.8 Å². The number of nitrogens with one attached hydrogen (secondary N) is 2. The van der Waals surface area contributed by atoms with Crippen LogP contribution in [0.5, 0.6) is 11.5 Å². The number of rotatable bonds is 11. The number of carbonyl (C=O) groups excluding carboxylic acids is 2. The third-order valence-corrected chi connectivity index (χ3v) is 10.6. The molecule has 4 aliphatic rings. The molecule has 2 aromatic rings. The molecule has 0 aliphatic carbocycles. The summed E-state index contributed by atoms with van der Waals surface area (Å²) in [5, 5.41) is 58.7. The molecule has 23 heteroatoms. The fourth-order valence-corrected chi connectivity index (χ4v) is 8.21. The first-order valence-electron chi connectivity index (χ1n) is 14.3. The monoisotopic (exact) mass is 759 g/mol. The van der Waals surface area contributed by atoms with Gasteiger partial charge in [-0.3, -0.25) is 14.5 Å². The number of fused-ring (bicyclic) bond motifs is 2. The van der Waals surface area contributed by atoms with Crippen LogP contribution in [0.4, 0.5) is 9.93 Å². The highest BCUT2D eigenvalue weighted by molar-refractivity contribution is 8.03. The Kier molecular flexibility index (Phi) is 9.52. The molecule has 6 rings (SSSR count). The Morgan fingerprint density at radius 2 is 1.94 bits per heavy atom. The Bertz CT molecular complexity index is 2040. The highest BCUT2D eigenvalue weighted by Gasteiger charge is 2.54. The fraction of sp³-hybridized carbons (Fsp3) is 0.214. The molecule has 9 N–H and O–H groups in total. The normalized spacial score (nSPS) is 19.8. The lowest BCUT2D eigenvalue weighted by atomic mass is 10.0. The first-order chi connectivity index (χ1) is 24.2. The minimum Gasteiger partial charge on any atom is -0.504 e. The molecule has 51 heavy (non-hydrogen) atoms. The summed E-state index contributed by atoms with van der Waals surface area (Å²) in [6.45, 7) is 1.21. The molecular weight excluding hydrogens is 735 g/mol. The summed E-state index contributed by atoms with van der Waals surface area (Å²) in [4.78, 5) is 76.6. The summed E-state index contributed by atoms with van der Waals surface area (Å²) in [6, 6.07) is 1.08. The van der Waals surface area contributed by atoms with Crippen molar-refractivity contribution in [2.75, 3.05) is 17.2 Å². The second kappa shape index (κ2) is 13.9. The van der Waals surface area contributed by atoms with Crippen molar-refractivity contribution in [3.63, 3.8) is 0 Å². The van der Waals surface area contributed by atoms with Crippen molar-refractivity contribution in [3.05, 3.63) is 68.7 Å². The SMILES string of the molecule is CC1=NC2=CN(C(=O)O)NN2C(SCC2=C(C(=O)O)N3C(=O)[C@@H](NC(=O)/C(=N\OCc4ccc(C(=O)O)c(O)c4O)c4csc(N)n4)[C@H]3SC2)=C1. The molecule has 0 radical (unpaired) electrons. The van der Waals surface area contributed by atoms with Gasteiger partial charge in [0.2, 0.25) is 0 Å². The molecule has 1 saturated heterocycles. The number of nitrogens with two attached hydrogens (primary N) is 1. The van der Waals surface area contributed by atoms with Crippen molar-refractivity contribution in [2.45, 2.75) is 24.9 Å². The largest absolute Gasteiger partial charge is 0.504 e. The van der Waals surface area contributed by atoms with E-state index in [0.717, 1.165) is 27.3 Å². The number of aliphatic carboxylic acids is 1. The number of carboxylic acid groups (broad SMARTS) is 3. The van der Waals surface area contributed by atoms with Gasteiger partial charge in [0.1, 0.15) is 35.0 Å². The zero-order valence-corrected chi connectivity index (χ0v) is 28.3. The number of aromatic hydroxyl groups is 2. The van der Waals surface area contributed by atoms with Gasteiger partial charge >= 0.3 is 18.0 Å². The number of hydrogen-bond donors (Lipinski definition) is 8. The number of nitrogens with zero attached hydrogens (tertiary/aromatic N) is 6. The Balaban J connectivity index is 1.15. The second-order valence-electron chi connectivity index (χ2n) is 10.8. The summed E-state index contributed by atoms with van der Waals surface area (Å²) in [6.07, 6.45) is 1.73. The number of amides is 3. The number of carboxylic acids is 2. The lowest BCUT2D eigenvalue weighted by Crippen LogP contribution is -2.71. The van der Waals surface area contributed by atoms with Gasteiger partial charge < -0.3 is 41.4 Å². The van der Waals surface area contributed by atoms with Gasteiger partial charge in [-0.2, -0.15) is 5.01 Å². The van der Waals surface area contributed by atoms with Crippen LogP contribution >= 0.6 is 34.9 Å². The van der Waals surface area contributed by atoms with E-state index in [1.54, 1.807) is 13.0 Å². The lowest BCUT2D eigenvalue weighted by Gasteiger charge is -2.49. The molecule has 0 saturated carbocycles. The maximum absolute atomic E-state index is 13.5. The van der Waals surface area contributed by atoms with Gasteiger partial charge in [0.15, 0.2) is 28.2 Å². The number of allylic oxidation sites excluding steroid dienone is 1. The number of aromatic nitrogens is 1. The Morgan fingerprint density at radius 3 is 2.61 bits per heavy atom. The van der Waals surface area contributed by atoms with Crippen molar-refractivity contribution in [2.24, 2.45) is 10.1 Å². The second-order valence-corrected chi connectivity index (χ2v) is 13.8. The van der Waals surface area contributed by atoms with Gasteiger partial charge in [-0.25, -0.2) is 29.4 Å². The summed E-state index contributed by atoms with van der Waals surface area (Å²) in [5.41, 5.74) is 8.17. The molecule has 266 valence electrons. The third kappa shape index (κ3) is 6.73. The van der Waals surface area contributed by atoms with Crippen LogP contribution in [0.25, 0.3) is 0 Å². The summed E-state index contributed by atoms with van der Waals surface area (Å²) < 4.78 is 0. The van der Waals surface area contributed by atoms with Crippen molar-refractivity contribution in [1.82, 2.24) is 30.8 Å². The van der Waals surface area contributed by atoms with E-state index in [1.807, 2.05) is 0 Å². The Morgan fingerprint density at radius 1 is 1.18 bits per heavy atom. The number of nitrogen functional groups attached to an aromatic ring is 1. The number of thioether (sulfide) groups is 2. The van der Waals surface area contributed by atoms with Gasteiger partial charge in [-0.1, -0.05) is 11.2 Å². The number of phenolic OH excluding ortho intramolecular Hbond substituents is 1. The first-order valence-corrected chi connectivity index (χ1v) is 17.3. The number of thiazole rings is 1. The standard InChI is InChI=1S/C28H25N9O11S3/c1-10-4-16(37-15(30-10)5-35(34-37)28(46)47)49-7-12-8-50-24-18(23(41)36(24)19(12)26(44)45)32-22(40)17(14-9-51-27(29)31-14)33-48-6-11-2-3-13(25(42)43)21(39)20(11)38/h2-5,9,18,24,34,38-39H,6-8H2,1H3,(H2,29,31)(H,32,40)(H,42,43)(H,44,45)(H,46,47)/b33-17-/t18-,24-/m1/s1. The van der Waals surface area contributed by atoms with Crippen molar-refractivity contribution in [1.29, 1.82) is 0 Å². The van der Waals surface area contributed by atoms with E-state index >= 15 is 0 Å². The highest BCUT2D eigenvalue weighted by Crippen LogP contribution is 2.42. The average molecular weight is 760 g/mol. The van der Waals surface area contributed by atoms with Crippen LogP contribution < -0.4 is 16.6 Å². The Hall–Kier alpha value is -5.78. The molecule has 2 atom stereocenters. The number of benzene rings is 1. The van der Waals surface area contributed by atoms with Crippen molar-refractivity contribution >= 4 is 81.3 Å². The molecule has 20 nitrogen and oxygen atoms in total. The summed E-state index contributed by atoms with van der Waals surface area (Å²) in [7, 11) is 0. The number of aliphatic imine (C=N–C) groups is 1. The molecule has 1 aromatic heterocycles. The van der Waals surface area contributed by atoms with Gasteiger partial charge in [0.25, 0.3) is 11.8 Å². The maximum atomic E-state index is 13.5. The van der Waals surface area contributed by atoms with Crippen LogP contribution in [0.15, 0.2) is 62.1 Å². The van der Waals surface area contributed by atoms with Crippen LogP contribution in [0.2, 0.25) is 0 Å². The summed E-state index contributed by atoms with van der Waals surface area (Å²) >= 11 is 3.43. The predicted octanol–water partition coefficient (Wildman–Crippen LogP) is 1.06. The zero-order chi connectivity index (χ0) is 36.7. The number of hydrazine groups is 2. The number of oxime groups is 1. The summed E-state index contributed by atoms with van der Waals surface area (Å²) in [5.74, 6) is -5.42. The van der Waals surface area contributed by atoms with Gasteiger partial charge in [0.05, 0.1) is 11.2 Å². The van der Waals surface area contributed by atoms with E-state index in [-0.39, 0.29) is 33.6 Å². The quantitative estimate of drug-likeness (QED) is 0.0687. The predicted molar refractivity (Wildman–Crippen MR) is 181 cm³/mol. The molecule has 1 aromatic carbocycles. The van der Waals surface area contributed by atoms with Crippen LogP contribution in [-0.4, -0.2) is 110 Å². The van der Waals surface area contributed by atoms with E-state index in [0.29, 0.717) is 22.1 Å². The minimum absolute atomic E-state index is 0.0112. The number of aromatic carboxylic acids is 1. The smallest absolute Gasteiger partial charge is 0.427 e. The van der Waals surface area contributed by atoms with E-state index in [9.17, 15) is 44.4 Å². The number of carbonyl (C=O) groups is 5. The molecule has 0 spiro atoms. The molecular formula is C28H25N9O11S3. The Labute approximate surface area is 298 Å². The first kappa shape index (κ1) is 35.1. The topological polar surface area (TPSA) is 293 Å². The zero-order valence-electron chi connectivity index (χ0n) is 25.8. The minimum atomic E-state index is -1.47. The van der Waals surface area contributed by atoms with E-state index in [2.05, 4.69) is 26.0 Å². The van der Waals surface area contributed by atoms with Crippen LogP contribution in [0, 0.1) is 0 Å². The molecule has 3 amide bonds. The number of phenols is 2. The molecule has 4 aliphatic heterocycles. The molecule has 0 bridgehead atoms. The number of hydrogen-bond acceptors (Lipinski definition) is 17. The average Bonchev–Trinajstić information content (AvgIpc) is 3.71. The van der Waals surface area contributed by atoms with Crippen LogP contribution in [0.1, 0.15) is 28.5 Å². The third-order valence-electron chi connectivity index (χ3n) is 7.48. The lowest BCUT2D eigenvalue weighted by molar-refractivity contribution is -0.150. The van der Waals surface area contributed by atoms with Crippen molar-refractivity contribution < 1.29 is 54.3 Å². The van der Waals surface area contributed by atoms with E-state index < -0.39 is 70.6 Å². The number of anilines is 1. The number of β-lactam (4-membered cyclic amide) rings is 1. The maximum Gasteiger partial charge on any atom is 0.427 e. The fourth-order valence-electron chi connectivity index (χ4n) is 5.11. The van der Waals surface area contributed by atoms with Gasteiger partial charge in [-0.15, -0.1) is 40.4 Å². The van der Waals surface area contributed by atoms with Gasteiger partial charge in [0, 0.05) is 28.2 Å². The molecule has 1 fully saturated rings. The van der Waals surface area contributed by atoms with Gasteiger partial charge in [-0.05, 0) is 24.6 Å². The van der Waals surface area contributed by atoms with Crippen molar-refractivity contribution in [3.8, 4) is 11.5 Å². The van der Waals surface area contributed by atoms with E-state index in [1.165, 1.54) is 46.2 Å². The van der Waals surface area contributed by atoms with Crippen LogP contribution in [0.3, 0.4) is 0 Å². The molecule has 5 heterocycles.